The van der Waals surface area contributed by atoms with Crippen LogP contribution in [0.15, 0.2) is 0 Å². The minimum Gasteiger partial charge on any atom is -0.466 e. The van der Waals surface area contributed by atoms with Gasteiger partial charge in [0.15, 0.2) is 0 Å². The van der Waals surface area contributed by atoms with Crippen LogP contribution < -0.4 is 0 Å². The van der Waals surface area contributed by atoms with E-state index in [2.05, 4.69) is 31.9 Å². The molecule has 6 aliphatic rings. The fourth-order valence-electron chi connectivity index (χ4n) is 6.05. The SMILES string of the molecule is CCC(CCC(=O)OCCCC12CC(C1)C2Br)C(=O)OCCCC12CC(C1)C2Br. The summed E-state index contributed by atoms with van der Waals surface area (Å²) in [5.41, 5.74) is 1.00. The fraction of sp³-hybridized carbons (Fsp3) is 0.913. The molecule has 6 rings (SSSR count). The number of carbonyl (C=O) groups is 2. The minimum atomic E-state index is -0.198. The lowest BCUT2D eigenvalue weighted by Gasteiger charge is -2.66. The predicted molar refractivity (Wildman–Crippen MR) is 119 cm³/mol. The van der Waals surface area contributed by atoms with Gasteiger partial charge in [-0.3, -0.25) is 9.59 Å². The number of esters is 2. The summed E-state index contributed by atoms with van der Waals surface area (Å²) in [6.07, 6.45) is 11.1. The first kappa shape index (κ1) is 22.1. The Labute approximate surface area is 191 Å². The topological polar surface area (TPSA) is 52.6 Å². The van der Waals surface area contributed by atoms with Crippen molar-refractivity contribution in [1.29, 1.82) is 0 Å². The van der Waals surface area contributed by atoms with Crippen molar-refractivity contribution < 1.29 is 19.1 Å². The molecule has 0 saturated heterocycles. The number of halogens is 2. The Hall–Kier alpha value is -0.100. The van der Waals surface area contributed by atoms with Gasteiger partial charge < -0.3 is 9.47 Å². The van der Waals surface area contributed by atoms with E-state index in [9.17, 15) is 9.59 Å². The Kier molecular flexibility index (Phi) is 6.71. The van der Waals surface area contributed by atoms with Crippen molar-refractivity contribution in [2.24, 2.45) is 28.6 Å². The van der Waals surface area contributed by atoms with E-state index in [1.165, 1.54) is 25.7 Å². The van der Waals surface area contributed by atoms with Crippen LogP contribution in [0.25, 0.3) is 0 Å². The van der Waals surface area contributed by atoms with Gasteiger partial charge in [0.1, 0.15) is 0 Å². The van der Waals surface area contributed by atoms with Crippen molar-refractivity contribution in [2.75, 3.05) is 13.2 Å². The van der Waals surface area contributed by atoms with E-state index in [0.29, 0.717) is 53.0 Å². The molecule has 0 N–H and O–H groups in total. The second kappa shape index (κ2) is 8.80. The normalized spacial score (nSPS) is 39.3. The zero-order valence-corrected chi connectivity index (χ0v) is 20.6. The van der Waals surface area contributed by atoms with Gasteiger partial charge in [0, 0.05) is 16.1 Å². The van der Waals surface area contributed by atoms with Crippen molar-refractivity contribution in [1.82, 2.24) is 0 Å². The second-order valence-electron chi connectivity index (χ2n) is 10.1. The van der Waals surface area contributed by atoms with E-state index < -0.39 is 0 Å². The summed E-state index contributed by atoms with van der Waals surface area (Å²) in [6.45, 7) is 2.99. The Morgan fingerprint density at radius 2 is 1.45 bits per heavy atom. The molecule has 3 unspecified atom stereocenters. The van der Waals surface area contributed by atoms with Gasteiger partial charge in [-0.15, -0.1) is 0 Å². The van der Waals surface area contributed by atoms with E-state index in [-0.39, 0.29) is 17.9 Å². The first-order chi connectivity index (χ1) is 13.9. The monoisotopic (exact) mass is 532 g/mol. The van der Waals surface area contributed by atoms with Crippen molar-refractivity contribution in [3.63, 3.8) is 0 Å². The van der Waals surface area contributed by atoms with Crippen molar-refractivity contribution in [3.05, 3.63) is 0 Å². The molecule has 0 heterocycles. The highest BCUT2D eigenvalue weighted by molar-refractivity contribution is 9.09. The highest BCUT2D eigenvalue weighted by Crippen LogP contribution is 2.70. The Morgan fingerprint density at radius 3 is 1.86 bits per heavy atom. The summed E-state index contributed by atoms with van der Waals surface area (Å²) < 4.78 is 10.9. The highest BCUT2D eigenvalue weighted by Gasteiger charge is 2.64. The van der Waals surface area contributed by atoms with Gasteiger partial charge in [-0.2, -0.15) is 0 Å². The number of hydrogen-bond acceptors (Lipinski definition) is 4. The Balaban J connectivity index is 1.04. The number of carbonyl (C=O) groups excluding carboxylic acids is 2. The zero-order valence-electron chi connectivity index (χ0n) is 17.5. The molecular weight excluding hydrogens is 500 g/mol. The lowest BCUT2D eigenvalue weighted by molar-refractivity contribution is -0.151. The van der Waals surface area contributed by atoms with Gasteiger partial charge >= 0.3 is 11.9 Å². The second-order valence-corrected chi connectivity index (χ2v) is 12.1. The summed E-state index contributed by atoms with van der Waals surface area (Å²) in [4.78, 5) is 25.7. The molecule has 0 spiro atoms. The minimum absolute atomic E-state index is 0.153. The maximum atomic E-state index is 12.3. The molecule has 6 fully saturated rings. The molecule has 0 aliphatic heterocycles. The molecule has 6 saturated carbocycles. The van der Waals surface area contributed by atoms with Crippen molar-refractivity contribution in [2.45, 2.75) is 87.2 Å². The molecule has 6 heteroatoms. The predicted octanol–water partition coefficient (Wildman–Crippen LogP) is 5.79. The third-order valence-corrected chi connectivity index (χ3v) is 11.8. The van der Waals surface area contributed by atoms with Crippen molar-refractivity contribution in [3.8, 4) is 0 Å². The van der Waals surface area contributed by atoms with Gasteiger partial charge in [-0.1, -0.05) is 38.8 Å². The molecule has 6 aliphatic carbocycles. The average Bonchev–Trinajstić information content (AvgIpc) is 2.65. The van der Waals surface area contributed by atoms with Crippen LogP contribution in [0, 0.1) is 28.6 Å². The quantitative estimate of drug-likeness (QED) is 0.171. The third-order valence-electron chi connectivity index (χ3n) is 8.34. The van der Waals surface area contributed by atoms with Gasteiger partial charge in [-0.25, -0.2) is 0 Å². The first-order valence-corrected chi connectivity index (χ1v) is 13.3. The largest absolute Gasteiger partial charge is 0.466 e. The molecule has 29 heavy (non-hydrogen) atoms. The summed E-state index contributed by atoms with van der Waals surface area (Å²) in [5.74, 6) is 1.26. The Bertz CT molecular complexity index is 624. The first-order valence-electron chi connectivity index (χ1n) is 11.5. The third kappa shape index (κ3) is 4.18. The maximum Gasteiger partial charge on any atom is 0.308 e. The van der Waals surface area contributed by atoms with Gasteiger partial charge in [0.25, 0.3) is 0 Å². The average molecular weight is 534 g/mol. The number of hydrogen-bond donors (Lipinski definition) is 0. The van der Waals surface area contributed by atoms with E-state index in [0.717, 1.165) is 37.5 Å². The van der Waals surface area contributed by atoms with Crippen LogP contribution in [-0.4, -0.2) is 34.8 Å². The van der Waals surface area contributed by atoms with Crippen molar-refractivity contribution >= 4 is 43.8 Å². The lowest BCUT2D eigenvalue weighted by Crippen LogP contribution is -2.62. The summed E-state index contributed by atoms with van der Waals surface area (Å²) in [7, 11) is 0. The summed E-state index contributed by atoms with van der Waals surface area (Å²) in [6, 6.07) is 0. The molecular formula is C23H34Br2O4. The summed E-state index contributed by atoms with van der Waals surface area (Å²) in [5, 5.41) is 0. The van der Waals surface area contributed by atoms with E-state index in [1.54, 1.807) is 0 Å². The molecule has 4 bridgehead atoms. The molecule has 3 atom stereocenters. The van der Waals surface area contributed by atoms with E-state index in [1.807, 2.05) is 6.92 Å². The number of rotatable bonds is 13. The molecule has 0 aromatic heterocycles. The van der Waals surface area contributed by atoms with E-state index >= 15 is 0 Å². The van der Waals surface area contributed by atoms with Crippen LogP contribution in [0.5, 0.6) is 0 Å². The number of alkyl halides is 2. The molecule has 0 aromatic rings. The van der Waals surface area contributed by atoms with Crippen LogP contribution in [0.1, 0.15) is 77.6 Å². The smallest absolute Gasteiger partial charge is 0.308 e. The van der Waals surface area contributed by atoms with Gasteiger partial charge in [0.05, 0.1) is 19.1 Å². The van der Waals surface area contributed by atoms with Crippen LogP contribution in [-0.2, 0) is 19.1 Å². The Morgan fingerprint density at radius 1 is 0.931 bits per heavy atom. The molecule has 164 valence electrons. The molecule has 4 nitrogen and oxygen atoms in total. The zero-order chi connectivity index (χ0) is 20.6. The molecule has 0 amide bonds. The maximum absolute atomic E-state index is 12.3. The van der Waals surface area contributed by atoms with Gasteiger partial charge in [0.2, 0.25) is 0 Å². The van der Waals surface area contributed by atoms with E-state index in [4.69, 9.17) is 9.47 Å². The summed E-state index contributed by atoms with van der Waals surface area (Å²) >= 11 is 7.54. The van der Waals surface area contributed by atoms with Crippen LogP contribution >= 0.6 is 31.9 Å². The van der Waals surface area contributed by atoms with Gasteiger partial charge in [-0.05, 0) is 86.9 Å². The molecule has 0 radical (unpaired) electrons. The molecule has 0 aromatic carbocycles. The lowest BCUT2D eigenvalue weighted by atomic mass is 9.43. The standard InChI is InChI=1S/C23H34Br2O4/c1-2-15(21(27)29-10-4-8-23-13-17(14-23)20(23)25)5-6-18(26)28-9-3-7-22-11-16(12-22)19(22)24/h15-17,19-20H,2-14H2,1H3. The van der Waals surface area contributed by atoms with Crippen LogP contribution in [0.4, 0.5) is 0 Å². The van der Waals surface area contributed by atoms with Crippen LogP contribution in [0.3, 0.4) is 0 Å². The number of ether oxygens (including phenoxy) is 2. The highest BCUT2D eigenvalue weighted by atomic mass is 79.9. The fourth-order valence-corrected chi connectivity index (χ4v) is 8.01. The van der Waals surface area contributed by atoms with Crippen LogP contribution in [0.2, 0.25) is 0 Å².